The van der Waals surface area contributed by atoms with Crippen molar-refractivity contribution in [2.24, 2.45) is 0 Å². The summed E-state index contributed by atoms with van der Waals surface area (Å²) in [6, 6.07) is 8.54. The standard InChI is InChI=1S/C22H33N3OS/c1-5-19(13-15-23-2)7-8-20-9-11-21(12-10-20)24(3)16-6-17-25(4)22(26)14-18-27/h5,7-13,15,23,27H,6,14,16-18H2,1-4H3/p+1/b8-7+,15-13-,19-5-. The van der Waals surface area contributed by atoms with Gasteiger partial charge in [-0.25, -0.2) is 0 Å². The average Bonchev–Trinajstić information content (AvgIpc) is 2.68. The van der Waals surface area contributed by atoms with Crippen molar-refractivity contribution in [3.63, 3.8) is 0 Å². The zero-order chi connectivity index (χ0) is 20.1. The number of amides is 1. The van der Waals surface area contributed by atoms with Crippen LogP contribution in [0.5, 0.6) is 0 Å². The van der Waals surface area contributed by atoms with Gasteiger partial charge in [0, 0.05) is 39.3 Å². The lowest BCUT2D eigenvalue weighted by Gasteiger charge is -2.22. The van der Waals surface area contributed by atoms with E-state index in [4.69, 9.17) is 0 Å². The molecule has 0 unspecified atom stereocenters. The van der Waals surface area contributed by atoms with Crippen molar-refractivity contribution >= 4 is 30.3 Å². The Balaban J connectivity index is 2.53. The molecule has 0 saturated heterocycles. The first-order valence-electron chi connectivity index (χ1n) is 9.48. The number of anilines is 1. The first kappa shape index (κ1) is 23.1. The Labute approximate surface area is 170 Å². The van der Waals surface area contributed by atoms with Gasteiger partial charge in [-0.1, -0.05) is 30.4 Å². The van der Waals surface area contributed by atoms with Crippen molar-refractivity contribution in [2.45, 2.75) is 19.8 Å². The molecule has 27 heavy (non-hydrogen) atoms. The summed E-state index contributed by atoms with van der Waals surface area (Å²) in [5.41, 5.74) is 3.55. The predicted molar refractivity (Wildman–Crippen MR) is 120 cm³/mol. The average molecular weight is 389 g/mol. The highest BCUT2D eigenvalue weighted by Crippen LogP contribution is 2.16. The minimum Gasteiger partial charge on any atom is -0.375 e. The maximum Gasteiger partial charge on any atom is 0.223 e. The highest BCUT2D eigenvalue weighted by atomic mass is 32.1. The summed E-state index contributed by atoms with van der Waals surface area (Å²) in [5, 5.41) is 2.02. The van der Waals surface area contributed by atoms with Gasteiger partial charge in [0.25, 0.3) is 0 Å². The lowest BCUT2D eigenvalue weighted by atomic mass is 10.1. The van der Waals surface area contributed by atoms with Crippen molar-refractivity contribution in [3.8, 4) is 0 Å². The second kappa shape index (κ2) is 13.2. The largest absolute Gasteiger partial charge is 0.375 e. The van der Waals surface area contributed by atoms with E-state index >= 15 is 0 Å². The van der Waals surface area contributed by atoms with Crippen molar-refractivity contribution in [3.05, 3.63) is 59.8 Å². The number of quaternary nitrogens is 1. The number of rotatable bonds is 11. The molecule has 0 aromatic heterocycles. The lowest BCUT2D eigenvalue weighted by molar-refractivity contribution is -0.556. The molecule has 0 radical (unpaired) electrons. The molecule has 0 saturated carbocycles. The smallest absolute Gasteiger partial charge is 0.223 e. The van der Waals surface area contributed by atoms with E-state index in [2.05, 4.69) is 73.1 Å². The summed E-state index contributed by atoms with van der Waals surface area (Å²) in [7, 11) is 5.96. The minimum atomic E-state index is 0.163. The van der Waals surface area contributed by atoms with Gasteiger partial charge in [-0.05, 0) is 48.4 Å². The van der Waals surface area contributed by atoms with Crippen LogP contribution in [0.15, 0.2) is 54.3 Å². The molecule has 0 aliphatic heterocycles. The molecule has 1 amide bonds. The van der Waals surface area contributed by atoms with E-state index in [-0.39, 0.29) is 5.91 Å². The Morgan fingerprint density at radius 1 is 1.15 bits per heavy atom. The molecule has 0 spiro atoms. The molecule has 2 N–H and O–H groups in total. The number of carbonyl (C=O) groups is 1. The van der Waals surface area contributed by atoms with Gasteiger partial charge in [-0.2, -0.15) is 12.6 Å². The number of nitrogens with zero attached hydrogens (tertiary/aromatic N) is 2. The fourth-order valence-corrected chi connectivity index (χ4v) is 2.76. The first-order valence-corrected chi connectivity index (χ1v) is 10.1. The maximum atomic E-state index is 11.8. The monoisotopic (exact) mass is 388 g/mol. The van der Waals surface area contributed by atoms with Gasteiger partial charge in [-0.3, -0.25) is 4.79 Å². The Kier molecular flexibility index (Phi) is 11.3. The Morgan fingerprint density at radius 3 is 2.44 bits per heavy atom. The summed E-state index contributed by atoms with van der Waals surface area (Å²) in [6.07, 6.45) is 11.9. The molecule has 0 aliphatic carbocycles. The molecule has 0 atom stereocenters. The van der Waals surface area contributed by atoms with Crippen LogP contribution >= 0.6 is 12.6 Å². The highest BCUT2D eigenvalue weighted by Gasteiger charge is 2.07. The van der Waals surface area contributed by atoms with E-state index in [1.165, 1.54) is 16.8 Å². The van der Waals surface area contributed by atoms with Crippen LogP contribution < -0.4 is 10.2 Å². The number of allylic oxidation sites excluding steroid dienone is 4. The molecular weight excluding hydrogens is 354 g/mol. The summed E-state index contributed by atoms with van der Waals surface area (Å²) in [5.74, 6) is 0.767. The number of nitrogens with two attached hydrogens (primary N) is 1. The second-order valence-electron chi connectivity index (χ2n) is 6.47. The van der Waals surface area contributed by atoms with E-state index in [0.717, 1.165) is 19.5 Å². The summed E-state index contributed by atoms with van der Waals surface area (Å²) in [6.45, 7) is 3.72. The minimum absolute atomic E-state index is 0.163. The predicted octanol–water partition coefficient (Wildman–Crippen LogP) is 2.96. The van der Waals surface area contributed by atoms with Crippen molar-refractivity contribution in [1.29, 1.82) is 0 Å². The number of thiol groups is 1. The van der Waals surface area contributed by atoms with Gasteiger partial charge in [0.2, 0.25) is 5.91 Å². The summed E-state index contributed by atoms with van der Waals surface area (Å²) < 4.78 is 0. The topological polar surface area (TPSA) is 40.2 Å². The molecule has 148 valence electrons. The van der Waals surface area contributed by atoms with Crippen LogP contribution in [0, 0.1) is 0 Å². The van der Waals surface area contributed by atoms with Gasteiger partial charge in [0.1, 0.15) is 0 Å². The Morgan fingerprint density at radius 2 is 1.85 bits per heavy atom. The number of hydrogen-bond acceptors (Lipinski definition) is 3. The van der Waals surface area contributed by atoms with E-state index in [0.29, 0.717) is 12.2 Å². The van der Waals surface area contributed by atoms with Crippen LogP contribution in [0.2, 0.25) is 0 Å². The van der Waals surface area contributed by atoms with Crippen molar-refractivity contribution in [1.82, 2.24) is 4.90 Å². The van der Waals surface area contributed by atoms with Gasteiger partial charge in [0.15, 0.2) is 0 Å². The number of benzene rings is 1. The third-order valence-corrected chi connectivity index (χ3v) is 4.58. The van der Waals surface area contributed by atoms with E-state index in [9.17, 15) is 4.79 Å². The fraction of sp³-hybridized carbons (Fsp3) is 0.409. The van der Waals surface area contributed by atoms with E-state index < -0.39 is 0 Å². The molecule has 0 heterocycles. The third-order valence-electron chi connectivity index (χ3n) is 4.36. The molecule has 0 bridgehead atoms. The fourth-order valence-electron chi connectivity index (χ4n) is 2.57. The maximum absolute atomic E-state index is 11.8. The molecule has 1 aromatic rings. The molecule has 4 nitrogen and oxygen atoms in total. The van der Waals surface area contributed by atoms with Crippen molar-refractivity contribution < 1.29 is 10.1 Å². The summed E-state index contributed by atoms with van der Waals surface area (Å²) in [4.78, 5) is 15.8. The first-order chi connectivity index (χ1) is 13.0. The van der Waals surface area contributed by atoms with E-state index in [1.807, 2.05) is 32.5 Å². The lowest BCUT2D eigenvalue weighted by Crippen LogP contribution is -2.72. The Bertz CT molecular complexity index is 650. The Hall–Kier alpha value is -1.98. The molecule has 1 rings (SSSR count). The number of carbonyl (C=O) groups excluding carboxylic acids is 1. The molecule has 1 aromatic carbocycles. The zero-order valence-corrected chi connectivity index (χ0v) is 18.0. The molecule has 0 aliphatic rings. The molecular formula is C22H34N3OS+. The zero-order valence-electron chi connectivity index (χ0n) is 17.1. The van der Waals surface area contributed by atoms with Gasteiger partial charge in [0.05, 0.1) is 13.2 Å². The number of hydrogen-bond donors (Lipinski definition) is 2. The normalized spacial score (nSPS) is 12.1. The van der Waals surface area contributed by atoms with Crippen LogP contribution in [0.25, 0.3) is 6.08 Å². The highest BCUT2D eigenvalue weighted by molar-refractivity contribution is 7.80. The van der Waals surface area contributed by atoms with Crippen LogP contribution in [-0.4, -0.2) is 50.8 Å². The molecule has 0 fully saturated rings. The van der Waals surface area contributed by atoms with E-state index in [1.54, 1.807) is 4.90 Å². The van der Waals surface area contributed by atoms with Gasteiger partial charge in [-0.15, -0.1) is 0 Å². The van der Waals surface area contributed by atoms with Crippen molar-refractivity contribution in [2.75, 3.05) is 44.9 Å². The third kappa shape index (κ3) is 8.98. The quantitative estimate of drug-likeness (QED) is 0.452. The van der Waals surface area contributed by atoms with Crippen LogP contribution in [0.4, 0.5) is 5.69 Å². The second-order valence-corrected chi connectivity index (χ2v) is 6.92. The van der Waals surface area contributed by atoms with Gasteiger partial charge >= 0.3 is 0 Å². The van der Waals surface area contributed by atoms with Crippen LogP contribution in [0.1, 0.15) is 25.3 Å². The molecule has 5 heteroatoms. The van der Waals surface area contributed by atoms with Crippen LogP contribution in [-0.2, 0) is 4.79 Å². The van der Waals surface area contributed by atoms with Gasteiger partial charge < -0.3 is 15.1 Å². The van der Waals surface area contributed by atoms with Crippen LogP contribution in [0.3, 0.4) is 0 Å². The summed E-state index contributed by atoms with van der Waals surface area (Å²) >= 11 is 4.11. The SMILES string of the molecule is C/C=C(\C=C/[NH2+]C)/C=C/c1ccc(N(C)CCCN(C)C(=O)CCS)cc1.